The quantitative estimate of drug-likeness (QED) is 0.787. The molecule has 1 aliphatic heterocycles. The molecule has 6 nitrogen and oxygen atoms in total. The molecular weight excluding hydrogens is 350 g/mol. The maximum absolute atomic E-state index is 13.5. The van der Waals surface area contributed by atoms with Gasteiger partial charge in [0.15, 0.2) is 1.41 Å². The molecule has 1 unspecified atom stereocenters. The maximum atomic E-state index is 13.5. The van der Waals surface area contributed by atoms with E-state index in [1.165, 1.54) is 5.38 Å². The first-order chi connectivity index (χ1) is 19.9. The first-order valence-electron chi connectivity index (χ1n) is 16.8. The van der Waals surface area contributed by atoms with E-state index in [-0.39, 0.29) is 14.8 Å². The molecule has 0 aromatic carbocycles. The number of aromatic hydroxyl groups is 1. The van der Waals surface area contributed by atoms with Crippen molar-refractivity contribution in [1.29, 1.82) is 0 Å². The van der Waals surface area contributed by atoms with Crippen molar-refractivity contribution < 1.29 is 36.0 Å². The van der Waals surface area contributed by atoms with E-state index >= 15 is 0 Å². The van der Waals surface area contributed by atoms with E-state index in [1.807, 2.05) is 0 Å². The number of rotatable bonds is 6. The molecule has 1 aliphatic rings. The number of nitrogens with one attached hydrogen (secondary N) is 1. The molecular formula is C19H27N3O3S. The van der Waals surface area contributed by atoms with Crippen molar-refractivity contribution >= 4 is 27.5 Å². The zero-order valence-corrected chi connectivity index (χ0v) is 14.0. The van der Waals surface area contributed by atoms with Gasteiger partial charge in [0, 0.05) is 35.9 Å². The highest BCUT2D eigenvalue weighted by Gasteiger charge is 2.23. The predicted octanol–water partition coefficient (Wildman–Crippen LogP) is 2.96. The zero-order valence-electron chi connectivity index (χ0n) is 32.2. The normalized spacial score (nSPS) is 38.7. The van der Waals surface area contributed by atoms with Crippen LogP contribution in [0.15, 0.2) is 16.2 Å². The van der Waals surface area contributed by atoms with Gasteiger partial charge in [-0.3, -0.25) is 14.2 Å². The number of pyridine rings is 1. The summed E-state index contributed by atoms with van der Waals surface area (Å²) in [6.45, 7) is -18.0. The number of aromatic nitrogens is 1. The number of likely N-dealkylation sites (tertiary alicyclic amines) is 1. The van der Waals surface area contributed by atoms with Gasteiger partial charge in [-0.25, -0.2) is 0 Å². The highest BCUT2D eigenvalue weighted by molar-refractivity contribution is 7.16. The van der Waals surface area contributed by atoms with Crippen LogP contribution in [0, 0.1) is 0 Å². The lowest BCUT2D eigenvalue weighted by Crippen LogP contribution is -2.36. The topological polar surface area (TPSA) is 74.6 Å². The van der Waals surface area contributed by atoms with Crippen molar-refractivity contribution in [3.63, 3.8) is 0 Å². The van der Waals surface area contributed by atoms with E-state index in [1.54, 1.807) is 0 Å². The van der Waals surface area contributed by atoms with E-state index in [0.29, 0.717) is 11.3 Å². The molecule has 1 atom stereocenters. The molecule has 26 heavy (non-hydrogen) atoms. The summed E-state index contributed by atoms with van der Waals surface area (Å²) in [4.78, 5) is 26.1. The summed E-state index contributed by atoms with van der Waals surface area (Å²) in [6, 6.07) is -2.59. The van der Waals surface area contributed by atoms with Crippen LogP contribution in [0.2, 0.25) is 1.41 Å². The molecule has 0 spiro atoms. The average Bonchev–Trinajstić information content (AvgIpc) is 3.34. The highest BCUT2D eigenvalue weighted by atomic mass is 32.1. The van der Waals surface area contributed by atoms with Crippen molar-refractivity contribution in [3.8, 4) is 5.75 Å². The van der Waals surface area contributed by atoms with Gasteiger partial charge in [-0.15, -0.1) is 11.3 Å². The van der Waals surface area contributed by atoms with Gasteiger partial charge in [0.2, 0.25) is 0 Å². The second-order valence-electron chi connectivity index (χ2n) is 4.98. The summed E-state index contributed by atoms with van der Waals surface area (Å²) < 4.78 is 152. The van der Waals surface area contributed by atoms with Gasteiger partial charge < -0.3 is 15.3 Å². The van der Waals surface area contributed by atoms with Crippen LogP contribution in [0.3, 0.4) is 0 Å². The van der Waals surface area contributed by atoms with Crippen LogP contribution in [0.5, 0.6) is 5.75 Å². The Kier molecular flexibility index (Phi) is 2.01. The molecule has 2 aromatic rings. The summed E-state index contributed by atoms with van der Waals surface area (Å²) in [5, 5.41) is 11.5. The SMILES string of the molecule is [2H]C(CCN([2H])C(=O)c1c(O)c2ccsc2n(C([2H])(C([2H])([2H])[2H])C([2H])([2H])[2H])c1=O)N1C([2H])([2H])C([2H])([2H])C([2H])([2H])C([2H])([2H])C1([2H])[2H]. The van der Waals surface area contributed by atoms with E-state index < -0.39 is 104 Å². The fraction of sp³-hybridized carbons (Fsp3) is 0.579. The number of nitrogens with zero attached hydrogens (tertiary/aromatic N) is 2. The van der Waals surface area contributed by atoms with E-state index in [4.69, 9.17) is 26.1 Å². The van der Waals surface area contributed by atoms with E-state index in [0.717, 1.165) is 6.07 Å². The standard InChI is InChI=1S/C19H27N3O3S/c1-13(2)22-18(25)15(16(23)14-7-12-26-19(14)22)17(24)20-8-6-11-21-9-4-3-5-10-21/h7,12-13,23H,3-6,8-11H2,1-2H3,(H,20,24)/i1D3,2D3,3D2,4D2,5D2,9D2,10D2,11D,13D/hD. The molecule has 1 fully saturated rings. The molecule has 1 amide bonds. The summed E-state index contributed by atoms with van der Waals surface area (Å²) in [5.74, 6) is -2.79. The van der Waals surface area contributed by atoms with Crippen molar-refractivity contribution in [2.75, 3.05) is 26.1 Å². The number of fused-ring (bicyclic) bond motifs is 1. The number of hydrogen-bond acceptors (Lipinski definition) is 5. The lowest BCUT2D eigenvalue weighted by atomic mass is 10.1. The van der Waals surface area contributed by atoms with E-state index in [2.05, 4.69) is 0 Å². The monoisotopic (exact) mass is 396 g/mol. The zero-order chi connectivity index (χ0) is 35.3. The van der Waals surface area contributed by atoms with Gasteiger partial charge >= 0.3 is 0 Å². The van der Waals surface area contributed by atoms with Crippen LogP contribution in [-0.4, -0.2) is 46.5 Å². The molecule has 2 N–H and O–H groups in total. The van der Waals surface area contributed by atoms with Crippen LogP contribution in [-0.2, 0) is 0 Å². The van der Waals surface area contributed by atoms with Gasteiger partial charge in [-0.05, 0) is 63.8 Å². The summed E-state index contributed by atoms with van der Waals surface area (Å²) in [7, 11) is 0. The third-order valence-electron chi connectivity index (χ3n) is 3.37. The second kappa shape index (κ2) is 8.22. The average molecular weight is 397 g/mol. The third kappa shape index (κ3) is 3.78. The van der Waals surface area contributed by atoms with Crippen molar-refractivity contribution in [2.45, 2.75) is 45.3 Å². The van der Waals surface area contributed by atoms with Gasteiger partial charge in [0.25, 0.3) is 11.5 Å². The smallest absolute Gasteiger partial charge is 0.268 e. The van der Waals surface area contributed by atoms with Crippen molar-refractivity contribution in [1.82, 2.24) is 14.8 Å². The summed E-state index contributed by atoms with van der Waals surface area (Å²) in [5.41, 5.74) is -3.09. The van der Waals surface area contributed by atoms with Crippen LogP contribution in [0.4, 0.5) is 0 Å². The van der Waals surface area contributed by atoms with Crippen molar-refractivity contribution in [2.24, 2.45) is 0 Å². The van der Waals surface area contributed by atoms with Crippen LogP contribution < -0.4 is 10.9 Å². The molecule has 142 valence electrons. The first kappa shape index (κ1) is 6.34. The van der Waals surface area contributed by atoms with Crippen LogP contribution in [0.1, 0.15) is 80.3 Å². The molecule has 0 saturated carbocycles. The second-order valence-corrected chi connectivity index (χ2v) is 5.87. The number of amides is 1. The fourth-order valence-corrected chi connectivity index (χ4v) is 3.15. The molecule has 2 aromatic heterocycles. The largest absolute Gasteiger partial charge is 0.506 e. The lowest BCUT2D eigenvalue weighted by molar-refractivity contribution is 0.0946. The number of piperidine rings is 1. The van der Waals surface area contributed by atoms with Crippen LogP contribution in [0.25, 0.3) is 10.2 Å². The van der Waals surface area contributed by atoms with Gasteiger partial charge in [-0.1, -0.05) is 6.37 Å². The Morgan fingerprint density at radius 1 is 1.54 bits per heavy atom. The van der Waals surface area contributed by atoms with Crippen molar-refractivity contribution in [3.05, 3.63) is 27.4 Å². The summed E-state index contributed by atoms with van der Waals surface area (Å²) in [6.07, 6.45) is -12.1. The lowest BCUT2D eigenvalue weighted by Gasteiger charge is -2.26. The Hall–Kier alpha value is -1.86. The predicted molar refractivity (Wildman–Crippen MR) is 105 cm³/mol. The maximum Gasteiger partial charge on any atom is 0.268 e. The van der Waals surface area contributed by atoms with Gasteiger partial charge in [0.05, 0.1) is 6.76 Å². The van der Waals surface area contributed by atoms with Crippen LogP contribution >= 0.6 is 11.3 Å². The minimum absolute atomic E-state index is 0.00994. The number of carbonyl (C=O) groups is 1. The van der Waals surface area contributed by atoms with E-state index in [9.17, 15) is 14.7 Å². The Bertz CT molecular complexity index is 1500. The molecule has 3 heterocycles. The Balaban J connectivity index is 2.07. The van der Waals surface area contributed by atoms with Gasteiger partial charge in [0.1, 0.15) is 16.1 Å². The highest BCUT2D eigenvalue weighted by Crippen LogP contribution is 2.31. The summed E-state index contributed by atoms with van der Waals surface area (Å²) >= 11 is 0.581. The first-order valence-corrected chi connectivity index (χ1v) is 8.15. The fourth-order valence-electron chi connectivity index (χ4n) is 2.25. The number of carbonyl (C=O) groups excluding carboxylic acids is 1. The molecule has 1 saturated heterocycles. The third-order valence-corrected chi connectivity index (χ3v) is 4.27. The minimum atomic E-state index is -3.74. The Labute approximate surface area is 184 Å². The molecule has 0 aliphatic carbocycles. The Morgan fingerprint density at radius 2 is 2.31 bits per heavy atom. The number of hydrogen-bond donors (Lipinski definition) is 2. The molecule has 0 radical (unpaired) electrons. The molecule has 3 rings (SSSR count). The minimum Gasteiger partial charge on any atom is -0.506 e. The molecule has 0 bridgehead atoms. The number of thiophene rings is 1. The van der Waals surface area contributed by atoms with Gasteiger partial charge in [-0.2, -0.15) is 0 Å². The Morgan fingerprint density at radius 3 is 3.04 bits per heavy atom. The molecule has 7 heteroatoms.